The summed E-state index contributed by atoms with van der Waals surface area (Å²) in [5.74, 6) is 1.29. The standard InChI is InChI=1S/C9H17NOS/c1-3-9(4-6-10-5-1)11-7-2-8-12-9/h10H,1-8H2. The smallest absolute Gasteiger partial charge is 0.114 e. The Kier molecular flexibility index (Phi) is 2.94. The van der Waals surface area contributed by atoms with Crippen LogP contribution in [-0.4, -0.2) is 30.4 Å². The second-order valence-corrected chi connectivity index (χ2v) is 5.01. The molecule has 2 fully saturated rings. The van der Waals surface area contributed by atoms with Crippen LogP contribution in [0.1, 0.15) is 25.7 Å². The van der Waals surface area contributed by atoms with Crippen LogP contribution >= 0.6 is 11.8 Å². The fraction of sp³-hybridized carbons (Fsp3) is 1.00. The molecule has 2 nitrogen and oxygen atoms in total. The maximum Gasteiger partial charge on any atom is 0.114 e. The van der Waals surface area contributed by atoms with Gasteiger partial charge in [0.2, 0.25) is 0 Å². The van der Waals surface area contributed by atoms with Gasteiger partial charge in [-0.25, -0.2) is 0 Å². The van der Waals surface area contributed by atoms with Crippen molar-refractivity contribution in [2.75, 3.05) is 25.4 Å². The van der Waals surface area contributed by atoms with E-state index in [-0.39, 0.29) is 4.93 Å². The fourth-order valence-electron chi connectivity index (χ4n) is 1.92. The maximum atomic E-state index is 5.91. The van der Waals surface area contributed by atoms with E-state index in [0.29, 0.717) is 0 Å². The molecule has 2 saturated heterocycles. The van der Waals surface area contributed by atoms with E-state index in [0.717, 1.165) is 13.2 Å². The van der Waals surface area contributed by atoms with E-state index in [2.05, 4.69) is 5.32 Å². The molecule has 0 amide bonds. The average molecular weight is 187 g/mol. The molecule has 12 heavy (non-hydrogen) atoms. The zero-order valence-corrected chi connectivity index (χ0v) is 8.29. The molecule has 3 heteroatoms. The predicted molar refractivity (Wildman–Crippen MR) is 52.5 cm³/mol. The minimum Gasteiger partial charge on any atom is -0.364 e. The first kappa shape index (κ1) is 8.85. The minimum atomic E-state index is 0.196. The molecular weight excluding hydrogens is 170 g/mol. The Morgan fingerprint density at radius 1 is 1.17 bits per heavy atom. The first-order valence-corrected chi connectivity index (χ1v) is 5.89. The van der Waals surface area contributed by atoms with Crippen molar-refractivity contribution in [1.82, 2.24) is 5.32 Å². The third kappa shape index (κ3) is 1.95. The van der Waals surface area contributed by atoms with Crippen LogP contribution in [0.15, 0.2) is 0 Å². The highest BCUT2D eigenvalue weighted by Crippen LogP contribution is 2.39. The Hall–Kier alpha value is 0.270. The topological polar surface area (TPSA) is 21.3 Å². The summed E-state index contributed by atoms with van der Waals surface area (Å²) in [6, 6.07) is 0. The Morgan fingerprint density at radius 3 is 3.00 bits per heavy atom. The molecule has 0 aromatic carbocycles. The molecule has 0 aromatic heterocycles. The maximum absolute atomic E-state index is 5.91. The van der Waals surface area contributed by atoms with Crippen molar-refractivity contribution in [1.29, 1.82) is 0 Å². The van der Waals surface area contributed by atoms with Crippen LogP contribution in [-0.2, 0) is 4.74 Å². The summed E-state index contributed by atoms with van der Waals surface area (Å²) in [6.07, 6.45) is 4.94. The molecule has 0 saturated carbocycles. The van der Waals surface area contributed by atoms with Gasteiger partial charge >= 0.3 is 0 Å². The van der Waals surface area contributed by atoms with E-state index in [4.69, 9.17) is 4.74 Å². The van der Waals surface area contributed by atoms with Crippen molar-refractivity contribution in [2.45, 2.75) is 30.6 Å². The van der Waals surface area contributed by atoms with Crippen LogP contribution in [0, 0.1) is 0 Å². The molecule has 1 spiro atoms. The summed E-state index contributed by atoms with van der Waals surface area (Å²) in [7, 11) is 0. The number of thioether (sulfide) groups is 1. The van der Waals surface area contributed by atoms with Gasteiger partial charge in [-0.3, -0.25) is 0 Å². The number of nitrogens with one attached hydrogen (secondary N) is 1. The highest BCUT2D eigenvalue weighted by Gasteiger charge is 2.34. The van der Waals surface area contributed by atoms with E-state index >= 15 is 0 Å². The minimum absolute atomic E-state index is 0.196. The Balaban J connectivity index is 1.95. The molecule has 70 valence electrons. The lowest BCUT2D eigenvalue weighted by Gasteiger charge is -2.35. The van der Waals surface area contributed by atoms with Gasteiger partial charge in [-0.2, -0.15) is 0 Å². The summed E-state index contributed by atoms with van der Waals surface area (Å²) in [6.45, 7) is 3.28. The summed E-state index contributed by atoms with van der Waals surface area (Å²) >= 11 is 2.04. The van der Waals surface area contributed by atoms with Gasteiger partial charge in [0.15, 0.2) is 0 Å². The monoisotopic (exact) mass is 187 g/mol. The SMILES string of the molecule is C1COC2(CCCNCC2)SC1. The van der Waals surface area contributed by atoms with Crippen molar-refractivity contribution in [3.8, 4) is 0 Å². The zero-order chi connectivity index (χ0) is 8.28. The second-order valence-electron chi connectivity index (χ2n) is 3.56. The lowest BCUT2D eigenvalue weighted by atomic mass is 10.1. The van der Waals surface area contributed by atoms with Crippen molar-refractivity contribution >= 4 is 11.8 Å². The van der Waals surface area contributed by atoms with E-state index in [1.807, 2.05) is 11.8 Å². The Bertz CT molecular complexity index is 135. The van der Waals surface area contributed by atoms with Crippen LogP contribution in [0.25, 0.3) is 0 Å². The first-order valence-electron chi connectivity index (χ1n) is 4.90. The van der Waals surface area contributed by atoms with Gasteiger partial charge < -0.3 is 10.1 Å². The quantitative estimate of drug-likeness (QED) is 0.622. The van der Waals surface area contributed by atoms with Crippen molar-refractivity contribution < 1.29 is 4.74 Å². The first-order chi connectivity index (χ1) is 5.91. The molecule has 2 heterocycles. The molecule has 2 aliphatic rings. The molecule has 0 radical (unpaired) electrons. The molecule has 0 bridgehead atoms. The fourth-order valence-corrected chi connectivity index (χ4v) is 3.25. The third-order valence-electron chi connectivity index (χ3n) is 2.61. The van der Waals surface area contributed by atoms with Gasteiger partial charge in [-0.05, 0) is 44.5 Å². The van der Waals surface area contributed by atoms with E-state index in [9.17, 15) is 0 Å². The summed E-state index contributed by atoms with van der Waals surface area (Å²) in [5.41, 5.74) is 0. The van der Waals surface area contributed by atoms with Crippen LogP contribution in [0.2, 0.25) is 0 Å². The molecule has 0 aliphatic carbocycles. The van der Waals surface area contributed by atoms with E-state index in [1.54, 1.807) is 0 Å². The third-order valence-corrected chi connectivity index (χ3v) is 4.16. The normalized spacial score (nSPS) is 38.0. The highest BCUT2D eigenvalue weighted by atomic mass is 32.2. The number of hydrogen-bond acceptors (Lipinski definition) is 3. The molecule has 2 rings (SSSR count). The second kappa shape index (κ2) is 3.99. The summed E-state index contributed by atoms with van der Waals surface area (Å²) in [5, 5.41) is 3.43. The van der Waals surface area contributed by atoms with Gasteiger partial charge in [-0.15, -0.1) is 11.8 Å². The molecule has 2 aliphatic heterocycles. The highest BCUT2D eigenvalue weighted by molar-refractivity contribution is 8.00. The molecule has 1 N–H and O–H groups in total. The summed E-state index contributed by atoms with van der Waals surface area (Å²) in [4.78, 5) is 0.196. The summed E-state index contributed by atoms with van der Waals surface area (Å²) < 4.78 is 5.91. The Morgan fingerprint density at radius 2 is 2.17 bits per heavy atom. The number of ether oxygens (including phenoxy) is 1. The van der Waals surface area contributed by atoms with E-state index < -0.39 is 0 Å². The van der Waals surface area contributed by atoms with Gasteiger partial charge in [0.25, 0.3) is 0 Å². The lowest BCUT2D eigenvalue weighted by Crippen LogP contribution is -2.34. The molecule has 1 atom stereocenters. The van der Waals surface area contributed by atoms with Crippen molar-refractivity contribution in [3.63, 3.8) is 0 Å². The molecular formula is C9H17NOS. The average Bonchev–Trinajstić information content (AvgIpc) is 2.33. The molecule has 0 aromatic rings. The van der Waals surface area contributed by atoms with Gasteiger partial charge in [0.1, 0.15) is 4.93 Å². The van der Waals surface area contributed by atoms with Crippen LogP contribution in [0.3, 0.4) is 0 Å². The van der Waals surface area contributed by atoms with Crippen LogP contribution < -0.4 is 5.32 Å². The molecule has 1 unspecified atom stereocenters. The Labute approximate surface area is 78.4 Å². The van der Waals surface area contributed by atoms with Crippen molar-refractivity contribution in [3.05, 3.63) is 0 Å². The number of hydrogen-bond donors (Lipinski definition) is 1. The van der Waals surface area contributed by atoms with E-state index in [1.165, 1.54) is 38.0 Å². The zero-order valence-electron chi connectivity index (χ0n) is 7.47. The predicted octanol–water partition coefficient (Wildman–Crippen LogP) is 1.61. The van der Waals surface area contributed by atoms with Crippen molar-refractivity contribution in [2.24, 2.45) is 0 Å². The van der Waals surface area contributed by atoms with Gasteiger partial charge in [-0.1, -0.05) is 0 Å². The van der Waals surface area contributed by atoms with Gasteiger partial charge in [0.05, 0.1) is 0 Å². The largest absolute Gasteiger partial charge is 0.364 e. The van der Waals surface area contributed by atoms with Gasteiger partial charge in [0, 0.05) is 6.61 Å². The number of rotatable bonds is 0. The van der Waals surface area contributed by atoms with Crippen LogP contribution in [0.4, 0.5) is 0 Å². The lowest BCUT2D eigenvalue weighted by molar-refractivity contribution is 0.0112. The van der Waals surface area contributed by atoms with Crippen LogP contribution in [0.5, 0.6) is 0 Å².